The van der Waals surface area contributed by atoms with Crippen LogP contribution in [0.5, 0.6) is 0 Å². The fourth-order valence-corrected chi connectivity index (χ4v) is 5.40. The molecule has 8 nitrogen and oxygen atoms in total. The van der Waals surface area contributed by atoms with Crippen LogP contribution < -0.4 is 5.32 Å². The second-order valence-electron chi connectivity index (χ2n) is 9.18. The van der Waals surface area contributed by atoms with E-state index in [9.17, 15) is 13.2 Å². The van der Waals surface area contributed by atoms with Crippen molar-refractivity contribution < 1.29 is 17.7 Å². The molecule has 1 N–H and O–H groups in total. The minimum Gasteiger partial charge on any atom is -0.334 e. The van der Waals surface area contributed by atoms with Crippen molar-refractivity contribution in [2.45, 2.75) is 51.3 Å². The van der Waals surface area contributed by atoms with Gasteiger partial charge in [0.1, 0.15) is 0 Å². The Bertz CT molecular complexity index is 1270. The van der Waals surface area contributed by atoms with E-state index in [1.54, 1.807) is 0 Å². The molecule has 0 saturated carbocycles. The van der Waals surface area contributed by atoms with E-state index in [0.717, 1.165) is 18.4 Å². The van der Waals surface area contributed by atoms with Crippen LogP contribution in [0.2, 0.25) is 0 Å². The van der Waals surface area contributed by atoms with Gasteiger partial charge in [-0.15, -0.1) is 0 Å². The van der Waals surface area contributed by atoms with Gasteiger partial charge in [0.05, 0.1) is 16.1 Å². The Labute approximate surface area is 200 Å². The van der Waals surface area contributed by atoms with Gasteiger partial charge in [-0.25, -0.2) is 8.42 Å². The molecule has 1 aliphatic rings. The summed E-state index contributed by atoms with van der Waals surface area (Å²) >= 11 is 0. The highest BCUT2D eigenvalue weighted by molar-refractivity contribution is 7.89. The van der Waals surface area contributed by atoms with Crippen LogP contribution in [0.1, 0.15) is 61.3 Å². The van der Waals surface area contributed by atoms with Crippen molar-refractivity contribution >= 4 is 21.6 Å². The summed E-state index contributed by atoms with van der Waals surface area (Å²) in [6.45, 7) is 9.02. The fraction of sp³-hybridized carbons (Fsp3) is 0.400. The number of nitrogens with zero attached hydrogens (tertiary/aromatic N) is 3. The minimum absolute atomic E-state index is 0.114. The second-order valence-corrected chi connectivity index (χ2v) is 11.1. The quantitative estimate of drug-likeness (QED) is 0.539. The van der Waals surface area contributed by atoms with E-state index in [0.29, 0.717) is 47.5 Å². The number of anilines is 1. The van der Waals surface area contributed by atoms with E-state index in [1.807, 2.05) is 39.0 Å². The molecule has 2 aromatic carbocycles. The molecule has 0 aliphatic carbocycles. The van der Waals surface area contributed by atoms with Gasteiger partial charge in [0, 0.05) is 24.6 Å². The number of piperidine rings is 1. The van der Waals surface area contributed by atoms with Gasteiger partial charge in [-0.2, -0.15) is 9.29 Å². The lowest BCUT2D eigenvalue weighted by molar-refractivity contribution is 0.102. The molecule has 0 bridgehead atoms. The van der Waals surface area contributed by atoms with Gasteiger partial charge in [-0.3, -0.25) is 4.79 Å². The molecular formula is C25H30N4O4S. The van der Waals surface area contributed by atoms with Gasteiger partial charge < -0.3 is 9.84 Å². The minimum atomic E-state index is -3.57. The standard InChI is InChI=1S/C25H30N4O4S/c1-16(2)23-27-25(33-28-23)21-7-5-6-18(4)22(21)26-24(30)19-8-10-20(11-9-19)34(31,32)29-14-12-17(3)13-15-29/h5-11,16-17H,12-15H2,1-4H3,(H,26,30). The van der Waals surface area contributed by atoms with Crippen LogP contribution in [-0.2, 0) is 10.0 Å². The first-order valence-corrected chi connectivity index (χ1v) is 13.0. The van der Waals surface area contributed by atoms with Crippen LogP contribution in [0.4, 0.5) is 5.69 Å². The van der Waals surface area contributed by atoms with Gasteiger partial charge in [0.2, 0.25) is 10.0 Å². The first-order valence-electron chi connectivity index (χ1n) is 11.5. The fourth-order valence-electron chi connectivity index (χ4n) is 3.93. The van der Waals surface area contributed by atoms with E-state index in [4.69, 9.17) is 4.52 Å². The maximum Gasteiger partial charge on any atom is 0.260 e. The van der Waals surface area contributed by atoms with E-state index in [2.05, 4.69) is 22.4 Å². The number of nitrogens with one attached hydrogen (secondary N) is 1. The Kier molecular flexibility index (Phi) is 6.86. The highest BCUT2D eigenvalue weighted by atomic mass is 32.2. The summed E-state index contributed by atoms with van der Waals surface area (Å²) in [5.74, 6) is 1.22. The number of sulfonamides is 1. The van der Waals surface area contributed by atoms with Crippen LogP contribution in [0.3, 0.4) is 0 Å². The van der Waals surface area contributed by atoms with Gasteiger partial charge in [0.25, 0.3) is 11.8 Å². The summed E-state index contributed by atoms with van der Waals surface area (Å²) < 4.78 is 32.9. The molecule has 1 saturated heterocycles. The van der Waals surface area contributed by atoms with Crippen molar-refractivity contribution in [2.75, 3.05) is 18.4 Å². The molecule has 1 aromatic heterocycles. The second kappa shape index (κ2) is 9.68. The molecule has 0 unspecified atom stereocenters. The lowest BCUT2D eigenvalue weighted by atomic mass is 10.0. The lowest BCUT2D eigenvalue weighted by Crippen LogP contribution is -2.37. The number of aryl methyl sites for hydroxylation is 1. The predicted molar refractivity (Wildman–Crippen MR) is 130 cm³/mol. The Balaban J connectivity index is 1.55. The van der Waals surface area contributed by atoms with Crippen molar-refractivity contribution in [3.63, 3.8) is 0 Å². The largest absolute Gasteiger partial charge is 0.334 e. The summed E-state index contributed by atoms with van der Waals surface area (Å²) in [5.41, 5.74) is 2.40. The first-order chi connectivity index (χ1) is 16.2. The van der Waals surface area contributed by atoms with Crippen molar-refractivity contribution in [1.29, 1.82) is 0 Å². The Morgan fingerprint density at radius 3 is 2.41 bits per heavy atom. The smallest absolute Gasteiger partial charge is 0.260 e. The average molecular weight is 483 g/mol. The zero-order valence-electron chi connectivity index (χ0n) is 19.9. The van der Waals surface area contributed by atoms with Crippen molar-refractivity contribution in [1.82, 2.24) is 14.4 Å². The molecule has 0 atom stereocenters. The summed E-state index contributed by atoms with van der Waals surface area (Å²) in [4.78, 5) is 17.7. The third-order valence-electron chi connectivity index (χ3n) is 6.20. The van der Waals surface area contributed by atoms with Crippen LogP contribution in [-0.4, -0.2) is 41.9 Å². The average Bonchev–Trinajstić information content (AvgIpc) is 3.31. The molecular weight excluding hydrogens is 452 g/mol. The van der Waals surface area contributed by atoms with Crippen molar-refractivity contribution in [2.24, 2.45) is 5.92 Å². The van der Waals surface area contributed by atoms with Crippen LogP contribution >= 0.6 is 0 Å². The molecule has 0 spiro atoms. The number of hydrogen-bond acceptors (Lipinski definition) is 6. The lowest BCUT2D eigenvalue weighted by Gasteiger charge is -2.29. The van der Waals surface area contributed by atoms with E-state index in [1.165, 1.54) is 28.6 Å². The molecule has 9 heteroatoms. The predicted octanol–water partition coefficient (Wildman–Crippen LogP) is 4.84. The number of amides is 1. The molecule has 1 fully saturated rings. The van der Waals surface area contributed by atoms with Gasteiger partial charge in [-0.1, -0.05) is 38.1 Å². The highest BCUT2D eigenvalue weighted by Crippen LogP contribution is 2.31. The van der Waals surface area contributed by atoms with E-state index in [-0.39, 0.29) is 16.7 Å². The van der Waals surface area contributed by atoms with Crippen LogP contribution in [0, 0.1) is 12.8 Å². The number of benzene rings is 2. The topological polar surface area (TPSA) is 105 Å². The molecule has 2 heterocycles. The van der Waals surface area contributed by atoms with Crippen molar-refractivity contribution in [3.05, 3.63) is 59.4 Å². The molecule has 1 amide bonds. The number of hydrogen-bond donors (Lipinski definition) is 1. The summed E-state index contributed by atoms with van der Waals surface area (Å²) in [6.07, 6.45) is 1.72. The molecule has 34 heavy (non-hydrogen) atoms. The van der Waals surface area contributed by atoms with Crippen LogP contribution in [0.15, 0.2) is 51.9 Å². The Hall–Kier alpha value is -3.04. The number of carbonyl (C=O) groups is 1. The number of carbonyl (C=O) groups excluding carboxylic acids is 1. The number of rotatable bonds is 6. The molecule has 0 radical (unpaired) electrons. The monoisotopic (exact) mass is 482 g/mol. The highest BCUT2D eigenvalue weighted by Gasteiger charge is 2.28. The van der Waals surface area contributed by atoms with E-state index >= 15 is 0 Å². The van der Waals surface area contributed by atoms with Gasteiger partial charge in [0.15, 0.2) is 5.82 Å². The number of para-hydroxylation sites is 1. The summed E-state index contributed by atoms with van der Waals surface area (Å²) in [6, 6.07) is 11.6. The first kappa shape index (κ1) is 24.1. The van der Waals surface area contributed by atoms with Crippen molar-refractivity contribution in [3.8, 4) is 11.5 Å². The maximum atomic E-state index is 13.0. The molecule has 180 valence electrons. The Morgan fingerprint density at radius 2 is 1.79 bits per heavy atom. The zero-order valence-corrected chi connectivity index (χ0v) is 20.7. The Morgan fingerprint density at radius 1 is 1.12 bits per heavy atom. The third-order valence-corrected chi connectivity index (χ3v) is 8.11. The van der Waals surface area contributed by atoms with Gasteiger partial charge in [-0.05, 0) is 61.6 Å². The maximum absolute atomic E-state index is 13.0. The third kappa shape index (κ3) is 4.90. The summed E-state index contributed by atoms with van der Waals surface area (Å²) in [5, 5.41) is 6.95. The van der Waals surface area contributed by atoms with Gasteiger partial charge >= 0.3 is 0 Å². The SMILES string of the molecule is Cc1cccc(-c2nc(C(C)C)no2)c1NC(=O)c1ccc(S(=O)(=O)N2CCC(C)CC2)cc1. The zero-order chi connectivity index (χ0) is 24.5. The van der Waals surface area contributed by atoms with E-state index < -0.39 is 10.0 Å². The molecule has 3 aromatic rings. The molecule has 4 rings (SSSR count). The summed E-state index contributed by atoms with van der Waals surface area (Å²) in [7, 11) is -3.57. The molecule has 1 aliphatic heterocycles. The number of aromatic nitrogens is 2. The van der Waals surface area contributed by atoms with Crippen LogP contribution in [0.25, 0.3) is 11.5 Å². The normalized spacial score (nSPS) is 15.6.